The Morgan fingerprint density at radius 1 is 1.23 bits per heavy atom. The van der Waals surface area contributed by atoms with E-state index >= 15 is 0 Å². The smallest absolute Gasteiger partial charge is 0.229 e. The molecule has 0 radical (unpaired) electrons. The summed E-state index contributed by atoms with van der Waals surface area (Å²) in [7, 11) is -3.35. The minimum absolute atomic E-state index is 0.246. The van der Waals surface area contributed by atoms with Gasteiger partial charge in [0, 0.05) is 25.0 Å². The van der Waals surface area contributed by atoms with Crippen molar-refractivity contribution in [3.05, 3.63) is 42.2 Å². The highest BCUT2D eigenvalue weighted by Crippen LogP contribution is 2.32. The highest BCUT2D eigenvalue weighted by Gasteiger charge is 2.17. The normalized spacial score (nSPS) is 16.3. The van der Waals surface area contributed by atoms with E-state index in [1.165, 1.54) is 0 Å². The molecule has 164 valence electrons. The van der Waals surface area contributed by atoms with Crippen molar-refractivity contribution < 1.29 is 13.2 Å². The van der Waals surface area contributed by atoms with Gasteiger partial charge in [-0.3, -0.25) is 4.72 Å². The highest BCUT2D eigenvalue weighted by molar-refractivity contribution is 7.92. The average Bonchev–Trinajstić information content (AvgIpc) is 3.35. The standard InChI is InChI=1S/C20H24N6O3S2/c1-13-18(30-20(23-13)22-12-16-7-4-10-29-16)17-8-9-21-19(25-17)24-14-5-3-6-15(11-14)26-31(2,27)28/h3,5-6,8-9,11,16,26H,4,7,10,12H2,1-2H3,(H,22,23)(H,21,24,25). The molecule has 3 N–H and O–H groups in total. The Kier molecular flexibility index (Phi) is 6.35. The summed E-state index contributed by atoms with van der Waals surface area (Å²) in [6.45, 7) is 3.54. The van der Waals surface area contributed by atoms with Crippen LogP contribution in [0.25, 0.3) is 10.6 Å². The van der Waals surface area contributed by atoms with E-state index in [9.17, 15) is 8.42 Å². The van der Waals surface area contributed by atoms with Crippen LogP contribution in [0.4, 0.5) is 22.5 Å². The van der Waals surface area contributed by atoms with Gasteiger partial charge in [-0.2, -0.15) is 0 Å². The third-order valence-corrected chi connectivity index (χ3v) is 6.36. The predicted octanol–water partition coefficient (Wildman–Crippen LogP) is 3.61. The summed E-state index contributed by atoms with van der Waals surface area (Å²) in [4.78, 5) is 14.5. The Morgan fingerprint density at radius 2 is 2.06 bits per heavy atom. The van der Waals surface area contributed by atoms with E-state index in [1.54, 1.807) is 35.7 Å². The number of thiazole rings is 1. The number of rotatable bonds is 8. The molecule has 4 rings (SSSR count). The maximum absolute atomic E-state index is 11.5. The van der Waals surface area contributed by atoms with Gasteiger partial charge in [0.25, 0.3) is 0 Å². The molecule has 0 bridgehead atoms. The molecule has 1 aliphatic heterocycles. The van der Waals surface area contributed by atoms with Crippen molar-refractivity contribution >= 4 is 43.8 Å². The number of anilines is 4. The van der Waals surface area contributed by atoms with Gasteiger partial charge in [-0.05, 0) is 44.0 Å². The molecular formula is C20H24N6O3S2. The largest absolute Gasteiger partial charge is 0.376 e. The van der Waals surface area contributed by atoms with Crippen molar-refractivity contribution in [2.24, 2.45) is 0 Å². The van der Waals surface area contributed by atoms with E-state index < -0.39 is 10.0 Å². The first-order valence-corrected chi connectivity index (χ1v) is 12.6. The van der Waals surface area contributed by atoms with E-state index in [1.807, 2.05) is 19.1 Å². The summed E-state index contributed by atoms with van der Waals surface area (Å²) < 4.78 is 31.0. The lowest BCUT2D eigenvalue weighted by Crippen LogP contribution is -2.18. The number of aromatic nitrogens is 3. The molecule has 1 fully saturated rings. The molecule has 31 heavy (non-hydrogen) atoms. The fraction of sp³-hybridized carbons (Fsp3) is 0.350. The second kappa shape index (κ2) is 9.16. The van der Waals surface area contributed by atoms with E-state index in [0.717, 1.165) is 53.6 Å². The van der Waals surface area contributed by atoms with Gasteiger partial charge < -0.3 is 15.4 Å². The van der Waals surface area contributed by atoms with Gasteiger partial charge in [-0.1, -0.05) is 17.4 Å². The SMILES string of the molecule is Cc1nc(NCC2CCCO2)sc1-c1ccnc(Nc2cccc(NS(C)(=O)=O)c2)n1. The number of aryl methyl sites for hydroxylation is 1. The Morgan fingerprint density at radius 3 is 2.84 bits per heavy atom. The van der Waals surface area contributed by atoms with Crippen molar-refractivity contribution in [3.8, 4) is 10.6 Å². The number of sulfonamides is 1. The van der Waals surface area contributed by atoms with Gasteiger partial charge in [-0.15, -0.1) is 0 Å². The van der Waals surface area contributed by atoms with Crippen molar-refractivity contribution in [2.75, 3.05) is 34.8 Å². The maximum Gasteiger partial charge on any atom is 0.229 e. The molecule has 0 aliphatic carbocycles. The Bertz CT molecular complexity index is 1160. The zero-order valence-corrected chi connectivity index (χ0v) is 18.9. The lowest BCUT2D eigenvalue weighted by molar-refractivity contribution is 0.120. The molecule has 3 heterocycles. The number of nitrogens with one attached hydrogen (secondary N) is 3. The number of hydrogen-bond acceptors (Lipinski definition) is 9. The van der Waals surface area contributed by atoms with E-state index in [2.05, 4.69) is 30.3 Å². The van der Waals surface area contributed by atoms with E-state index in [-0.39, 0.29) is 6.10 Å². The summed E-state index contributed by atoms with van der Waals surface area (Å²) in [6, 6.07) is 8.77. The lowest BCUT2D eigenvalue weighted by atomic mass is 10.2. The van der Waals surface area contributed by atoms with Crippen LogP contribution in [0.2, 0.25) is 0 Å². The predicted molar refractivity (Wildman–Crippen MR) is 124 cm³/mol. The van der Waals surface area contributed by atoms with Gasteiger partial charge in [0.1, 0.15) is 0 Å². The zero-order valence-electron chi connectivity index (χ0n) is 17.3. The average molecular weight is 461 g/mol. The molecule has 3 aromatic rings. The van der Waals surface area contributed by atoms with Gasteiger partial charge in [0.05, 0.1) is 34.3 Å². The monoisotopic (exact) mass is 460 g/mol. The fourth-order valence-electron chi connectivity index (χ4n) is 3.27. The second-order valence-electron chi connectivity index (χ2n) is 7.30. The van der Waals surface area contributed by atoms with Crippen molar-refractivity contribution in [2.45, 2.75) is 25.9 Å². The van der Waals surface area contributed by atoms with Gasteiger partial charge in [0.15, 0.2) is 5.13 Å². The van der Waals surface area contributed by atoms with Crippen LogP contribution in [-0.4, -0.2) is 48.9 Å². The molecule has 1 atom stereocenters. The first-order valence-electron chi connectivity index (χ1n) is 9.87. The summed E-state index contributed by atoms with van der Waals surface area (Å²) in [5.41, 5.74) is 2.79. The summed E-state index contributed by atoms with van der Waals surface area (Å²) in [6.07, 6.45) is 5.23. The Balaban J connectivity index is 1.48. The topological polar surface area (TPSA) is 118 Å². The number of ether oxygens (including phenoxy) is 1. The van der Waals surface area contributed by atoms with Crippen LogP contribution in [0.15, 0.2) is 36.5 Å². The van der Waals surface area contributed by atoms with Crippen LogP contribution in [-0.2, 0) is 14.8 Å². The molecule has 1 saturated heterocycles. The van der Waals surface area contributed by atoms with Gasteiger partial charge >= 0.3 is 0 Å². The molecule has 0 spiro atoms. The molecular weight excluding hydrogens is 436 g/mol. The van der Waals surface area contributed by atoms with Crippen molar-refractivity contribution in [1.29, 1.82) is 0 Å². The van der Waals surface area contributed by atoms with Crippen LogP contribution < -0.4 is 15.4 Å². The van der Waals surface area contributed by atoms with Crippen molar-refractivity contribution in [1.82, 2.24) is 15.0 Å². The fourth-order valence-corrected chi connectivity index (χ4v) is 4.76. The molecule has 2 aromatic heterocycles. The maximum atomic E-state index is 11.5. The quantitative estimate of drug-likeness (QED) is 0.467. The minimum atomic E-state index is -3.35. The number of benzene rings is 1. The molecule has 0 amide bonds. The van der Waals surface area contributed by atoms with Crippen LogP contribution in [0.5, 0.6) is 0 Å². The molecule has 0 saturated carbocycles. The third-order valence-electron chi connectivity index (χ3n) is 4.61. The van der Waals surface area contributed by atoms with Gasteiger partial charge in [0.2, 0.25) is 16.0 Å². The summed E-state index contributed by atoms with van der Waals surface area (Å²) >= 11 is 1.55. The Hall–Kier alpha value is -2.76. The molecule has 9 nitrogen and oxygen atoms in total. The van der Waals surface area contributed by atoms with Crippen molar-refractivity contribution in [3.63, 3.8) is 0 Å². The van der Waals surface area contributed by atoms with Crippen LogP contribution in [0.3, 0.4) is 0 Å². The number of nitrogens with zero attached hydrogens (tertiary/aromatic N) is 3. The summed E-state index contributed by atoms with van der Waals surface area (Å²) in [5.74, 6) is 0.413. The minimum Gasteiger partial charge on any atom is -0.376 e. The number of hydrogen-bond donors (Lipinski definition) is 3. The zero-order chi connectivity index (χ0) is 21.8. The third kappa shape index (κ3) is 5.90. The second-order valence-corrected chi connectivity index (χ2v) is 10.0. The van der Waals surface area contributed by atoms with E-state index in [0.29, 0.717) is 17.3 Å². The lowest BCUT2D eigenvalue weighted by Gasteiger charge is -2.09. The van der Waals surface area contributed by atoms with Gasteiger partial charge in [-0.25, -0.2) is 23.4 Å². The van der Waals surface area contributed by atoms with E-state index in [4.69, 9.17) is 4.74 Å². The van der Waals surface area contributed by atoms with Crippen LogP contribution in [0.1, 0.15) is 18.5 Å². The summed E-state index contributed by atoms with van der Waals surface area (Å²) in [5, 5.41) is 7.33. The molecule has 1 aromatic carbocycles. The Labute approximate surface area is 185 Å². The molecule has 11 heteroatoms. The van der Waals surface area contributed by atoms with Crippen LogP contribution >= 0.6 is 11.3 Å². The first-order chi connectivity index (χ1) is 14.9. The molecule has 1 aliphatic rings. The van der Waals surface area contributed by atoms with Crippen LogP contribution in [0, 0.1) is 6.92 Å². The first kappa shape index (κ1) is 21.5. The highest BCUT2D eigenvalue weighted by atomic mass is 32.2. The molecule has 1 unspecified atom stereocenters.